The molecule has 15 nitrogen and oxygen atoms in total. The topological polar surface area (TPSA) is 238 Å². The van der Waals surface area contributed by atoms with Gasteiger partial charge in [0.2, 0.25) is 0 Å². The Balaban J connectivity index is 1.91. The maximum atomic E-state index is 11.7. The predicted molar refractivity (Wildman–Crippen MR) is 82.4 cm³/mol. The summed E-state index contributed by atoms with van der Waals surface area (Å²) in [4.78, 5) is 56.3. The van der Waals surface area contributed by atoms with E-state index in [-0.39, 0.29) is 11.6 Å². The average Bonchev–Trinajstić information content (AvgIpc) is 2.90. The molecule has 0 aromatic carbocycles. The minimum Gasteiger partial charge on any atom is -0.756 e. The highest BCUT2D eigenvalue weighted by atomic mass is 32.2. The number of hydrogen-bond acceptors (Lipinski definition) is 14. The van der Waals surface area contributed by atoms with Gasteiger partial charge in [-0.05, 0) is 6.07 Å². The molecule has 3 N–H and O–H groups in total. The lowest BCUT2D eigenvalue weighted by molar-refractivity contribution is -0.249. The van der Waals surface area contributed by atoms with E-state index in [1.54, 1.807) is 0 Å². The quantitative estimate of drug-likeness (QED) is 0.389. The Kier molecular flexibility index (Phi) is 7.07. The van der Waals surface area contributed by atoms with Crippen molar-refractivity contribution in [2.75, 3.05) is 18.1 Å². The lowest BCUT2D eigenvalue weighted by Gasteiger charge is -2.32. The van der Waals surface area contributed by atoms with Crippen LogP contribution in [0.4, 0.5) is 5.82 Å². The summed E-state index contributed by atoms with van der Waals surface area (Å²) in [5, 5.41) is 0. The van der Waals surface area contributed by atoms with E-state index in [2.05, 4.69) is 18.1 Å². The lowest BCUT2D eigenvalue weighted by atomic mass is 10.5. The Bertz CT molecular complexity index is 887. The molecule has 0 amide bonds. The molecule has 5 atom stereocenters. The van der Waals surface area contributed by atoms with Crippen LogP contribution < -0.4 is 26.1 Å². The van der Waals surface area contributed by atoms with Gasteiger partial charge in [-0.1, -0.05) is 0 Å². The maximum absolute atomic E-state index is 11.7. The molecule has 3 unspecified atom stereocenters. The highest BCUT2D eigenvalue weighted by Crippen LogP contribution is 2.61. The van der Waals surface area contributed by atoms with Gasteiger partial charge in [-0.25, -0.2) is 13.4 Å². The number of ether oxygens (including phenoxy) is 1. The second-order valence-electron chi connectivity index (χ2n) is 4.72. The number of thioether (sulfide) groups is 1. The molecule has 2 rings (SSSR count). The molecule has 1 aliphatic rings. The van der Waals surface area contributed by atoms with Gasteiger partial charge in [0.15, 0.2) is 0 Å². The van der Waals surface area contributed by atoms with Crippen LogP contribution in [0.15, 0.2) is 17.1 Å². The van der Waals surface area contributed by atoms with Gasteiger partial charge in [0.05, 0.1) is 6.61 Å². The van der Waals surface area contributed by atoms with Crippen molar-refractivity contribution in [3.05, 3.63) is 22.7 Å². The Morgan fingerprint density at radius 3 is 2.59 bits per heavy atom. The van der Waals surface area contributed by atoms with Gasteiger partial charge in [0.25, 0.3) is 23.5 Å². The van der Waals surface area contributed by atoms with Crippen molar-refractivity contribution in [3.8, 4) is 0 Å². The number of nitrogens with two attached hydrogens (primary N) is 1. The SMILES string of the molecule is Nc1ccn([C@@H]2CS[C@H](COP(=O)([O-])OP(=O)([O-])OP(=O)([O-])O)O2)c(=O)n1. The van der Waals surface area contributed by atoms with Crippen LogP contribution >= 0.6 is 35.2 Å². The van der Waals surface area contributed by atoms with Crippen molar-refractivity contribution in [2.45, 2.75) is 11.7 Å². The molecule has 1 saturated heterocycles. The van der Waals surface area contributed by atoms with Crippen LogP contribution in [0.3, 0.4) is 0 Å². The summed E-state index contributed by atoms with van der Waals surface area (Å²) in [6.45, 7) is -0.729. The molecule has 1 aliphatic heterocycles. The van der Waals surface area contributed by atoms with Crippen LogP contribution in [0.2, 0.25) is 0 Å². The van der Waals surface area contributed by atoms with E-state index in [4.69, 9.17) is 15.4 Å². The fraction of sp³-hybridized carbons (Fsp3) is 0.500. The van der Waals surface area contributed by atoms with Crippen molar-refractivity contribution in [1.29, 1.82) is 0 Å². The fourth-order valence-electron chi connectivity index (χ4n) is 1.76. The van der Waals surface area contributed by atoms with E-state index in [0.717, 1.165) is 16.3 Å². The Morgan fingerprint density at radius 1 is 1.33 bits per heavy atom. The van der Waals surface area contributed by atoms with Crippen LogP contribution in [0, 0.1) is 0 Å². The fourth-order valence-corrected chi connectivity index (χ4v) is 5.74. The Morgan fingerprint density at radius 2 is 2.00 bits per heavy atom. The van der Waals surface area contributed by atoms with Crippen molar-refractivity contribution >= 4 is 41.0 Å². The first-order valence-electron chi connectivity index (χ1n) is 6.61. The van der Waals surface area contributed by atoms with Crippen LogP contribution in [0.25, 0.3) is 0 Å². The molecule has 0 aliphatic carbocycles. The first-order valence-corrected chi connectivity index (χ1v) is 12.1. The number of rotatable bonds is 8. The number of hydrogen-bond donors (Lipinski definition) is 2. The second kappa shape index (κ2) is 8.41. The minimum atomic E-state index is -5.96. The number of nitrogens with zero attached hydrogens (tertiary/aromatic N) is 2. The van der Waals surface area contributed by atoms with E-state index < -0.39 is 47.4 Å². The number of anilines is 1. The molecule has 19 heteroatoms. The highest BCUT2D eigenvalue weighted by molar-refractivity contribution is 8.00. The molecule has 0 saturated carbocycles. The van der Waals surface area contributed by atoms with Gasteiger partial charge < -0.3 is 34.6 Å². The first-order chi connectivity index (χ1) is 12.3. The molecule has 0 bridgehead atoms. The molecule has 0 spiro atoms. The maximum Gasteiger partial charge on any atom is 0.351 e. The lowest BCUT2D eigenvalue weighted by Crippen LogP contribution is -2.29. The zero-order valence-corrected chi connectivity index (χ0v) is 16.4. The summed E-state index contributed by atoms with van der Waals surface area (Å²) >= 11 is 1.03. The molecule has 27 heavy (non-hydrogen) atoms. The van der Waals surface area contributed by atoms with E-state index in [1.807, 2.05) is 0 Å². The van der Waals surface area contributed by atoms with E-state index in [0.29, 0.717) is 0 Å². The van der Waals surface area contributed by atoms with Gasteiger partial charge in [0, 0.05) is 11.9 Å². The number of phosphoric acid groups is 3. The normalized spacial score (nSPS) is 26.8. The molecule has 2 heterocycles. The van der Waals surface area contributed by atoms with E-state index >= 15 is 0 Å². The van der Waals surface area contributed by atoms with Crippen molar-refractivity contribution in [3.63, 3.8) is 0 Å². The summed E-state index contributed by atoms with van der Waals surface area (Å²) in [7, 11) is -17.3. The summed E-state index contributed by atoms with van der Waals surface area (Å²) in [5.41, 5.74) is 3.71. The molecule has 0 radical (unpaired) electrons. The standard InChI is InChI=1S/C8H14N3O12P3S/c9-5-1-2-11(8(12)10-5)6-4-27-7(21-6)3-20-25(16,17)23-26(18,19)22-24(13,14)15/h1-2,6-7H,3-4H2,(H,16,17)(H,18,19)(H2,9,10,12)(H2,13,14,15)/p-3/t6-,7+/m0/s1. The van der Waals surface area contributed by atoms with Gasteiger partial charge in [-0.15, -0.1) is 11.8 Å². The zero-order valence-electron chi connectivity index (χ0n) is 12.9. The molecule has 154 valence electrons. The first kappa shape index (κ1) is 22.7. The predicted octanol–water partition coefficient (Wildman–Crippen LogP) is -2.14. The molecular weight excluding hydrogens is 455 g/mol. The Labute approximate surface area is 154 Å². The van der Waals surface area contributed by atoms with Crippen LogP contribution in [0.5, 0.6) is 0 Å². The molecule has 1 aromatic rings. The minimum absolute atomic E-state index is 0.000919. The summed E-state index contributed by atoms with van der Waals surface area (Å²) in [6, 6.07) is 1.35. The number of phosphoric ester groups is 1. The number of nitrogen functional groups attached to an aromatic ring is 1. The Hall–Kier alpha value is -0.600. The van der Waals surface area contributed by atoms with E-state index in [1.165, 1.54) is 12.3 Å². The van der Waals surface area contributed by atoms with Crippen LogP contribution in [-0.2, 0) is 31.6 Å². The van der Waals surface area contributed by atoms with Crippen LogP contribution in [0.1, 0.15) is 6.23 Å². The summed E-state index contributed by atoms with van der Waals surface area (Å²) < 4.78 is 50.2. The van der Waals surface area contributed by atoms with Gasteiger partial charge in [0.1, 0.15) is 17.5 Å². The van der Waals surface area contributed by atoms with E-state index in [9.17, 15) is 33.2 Å². The second-order valence-corrected chi connectivity index (χ2v) is 10.2. The van der Waals surface area contributed by atoms with Gasteiger partial charge in [-0.3, -0.25) is 18.3 Å². The van der Waals surface area contributed by atoms with Crippen molar-refractivity contribution < 1.29 is 51.2 Å². The highest BCUT2D eigenvalue weighted by Gasteiger charge is 2.31. The van der Waals surface area contributed by atoms with Crippen LogP contribution in [-0.4, -0.2) is 32.2 Å². The molecule has 1 fully saturated rings. The van der Waals surface area contributed by atoms with Crippen molar-refractivity contribution in [1.82, 2.24) is 9.55 Å². The molecular formula is C8H11N3O12P3S-3. The third-order valence-electron chi connectivity index (χ3n) is 2.67. The summed E-state index contributed by atoms with van der Waals surface area (Å²) in [5.74, 6) is 0.206. The third kappa shape index (κ3) is 7.38. The molecule has 1 aromatic heterocycles. The largest absolute Gasteiger partial charge is 0.756 e. The van der Waals surface area contributed by atoms with Gasteiger partial charge in [-0.2, -0.15) is 4.98 Å². The zero-order chi connectivity index (χ0) is 20.5. The van der Waals surface area contributed by atoms with Crippen molar-refractivity contribution in [2.24, 2.45) is 0 Å². The smallest absolute Gasteiger partial charge is 0.351 e. The third-order valence-corrected chi connectivity index (χ3v) is 7.45. The average molecular weight is 466 g/mol. The summed E-state index contributed by atoms with van der Waals surface area (Å²) in [6.07, 6.45) is 0.507. The number of aromatic nitrogens is 2. The monoisotopic (exact) mass is 466 g/mol. The van der Waals surface area contributed by atoms with Gasteiger partial charge >= 0.3 is 5.69 Å².